The first-order chi connectivity index (χ1) is 10.2. The lowest BCUT2D eigenvalue weighted by atomic mass is 10.1. The lowest BCUT2D eigenvalue weighted by Crippen LogP contribution is -2.24. The minimum Gasteiger partial charge on any atom is -0.373 e. The third-order valence-electron chi connectivity index (χ3n) is 3.85. The first kappa shape index (κ1) is 14.4. The van der Waals surface area contributed by atoms with E-state index in [9.17, 15) is 0 Å². The predicted octanol–water partition coefficient (Wildman–Crippen LogP) is 2.93. The molecule has 1 fully saturated rings. The zero-order valence-electron chi connectivity index (χ0n) is 12.8. The van der Waals surface area contributed by atoms with Crippen LogP contribution in [0, 0.1) is 13.8 Å². The molecule has 2 aromatic rings. The summed E-state index contributed by atoms with van der Waals surface area (Å²) in [6.45, 7) is 6.03. The molecule has 112 valence electrons. The molecule has 5 nitrogen and oxygen atoms in total. The first-order valence-electron chi connectivity index (χ1n) is 7.34. The van der Waals surface area contributed by atoms with E-state index in [0.717, 1.165) is 41.9 Å². The van der Waals surface area contributed by atoms with Gasteiger partial charge in [-0.3, -0.25) is 4.90 Å². The number of hydrogen-bond acceptors (Lipinski definition) is 6. The van der Waals surface area contributed by atoms with Gasteiger partial charge in [-0.15, -0.1) is 11.3 Å². The number of nitrogens with one attached hydrogen (secondary N) is 1. The number of thiazole rings is 1. The second kappa shape index (κ2) is 6.07. The lowest BCUT2D eigenvalue weighted by Gasteiger charge is -2.23. The molecule has 1 saturated heterocycles. The van der Waals surface area contributed by atoms with Crippen LogP contribution in [0.2, 0.25) is 0 Å². The van der Waals surface area contributed by atoms with E-state index >= 15 is 0 Å². The number of aryl methyl sites for hydroxylation is 2. The second-order valence-corrected chi connectivity index (χ2v) is 6.52. The SMILES string of the molecule is CNc1cc(C2CCCN2Cc2csc(C)n2)nc(C)n1. The molecule has 1 N–H and O–H groups in total. The number of rotatable bonds is 4. The molecule has 1 atom stereocenters. The smallest absolute Gasteiger partial charge is 0.129 e. The highest BCUT2D eigenvalue weighted by Gasteiger charge is 2.28. The van der Waals surface area contributed by atoms with Gasteiger partial charge >= 0.3 is 0 Å². The van der Waals surface area contributed by atoms with Crippen LogP contribution in [0.4, 0.5) is 5.82 Å². The van der Waals surface area contributed by atoms with Gasteiger partial charge in [0.2, 0.25) is 0 Å². The van der Waals surface area contributed by atoms with Gasteiger partial charge in [0, 0.05) is 25.0 Å². The van der Waals surface area contributed by atoms with Crippen LogP contribution in [-0.4, -0.2) is 33.4 Å². The fourth-order valence-corrected chi connectivity index (χ4v) is 3.53. The highest BCUT2D eigenvalue weighted by molar-refractivity contribution is 7.09. The molecule has 1 aliphatic rings. The molecule has 0 saturated carbocycles. The number of likely N-dealkylation sites (tertiary alicyclic amines) is 1. The maximum absolute atomic E-state index is 4.65. The molecular formula is C15H21N5S. The Balaban J connectivity index is 1.81. The third-order valence-corrected chi connectivity index (χ3v) is 4.67. The topological polar surface area (TPSA) is 53.9 Å². The third kappa shape index (κ3) is 3.22. The van der Waals surface area contributed by atoms with E-state index in [-0.39, 0.29) is 0 Å². The van der Waals surface area contributed by atoms with Crippen molar-refractivity contribution in [2.45, 2.75) is 39.3 Å². The van der Waals surface area contributed by atoms with Crippen LogP contribution >= 0.6 is 11.3 Å². The van der Waals surface area contributed by atoms with E-state index in [2.05, 4.69) is 43.5 Å². The van der Waals surface area contributed by atoms with Gasteiger partial charge in [-0.05, 0) is 33.2 Å². The summed E-state index contributed by atoms with van der Waals surface area (Å²) in [5.41, 5.74) is 2.29. The van der Waals surface area contributed by atoms with Crippen molar-refractivity contribution in [3.8, 4) is 0 Å². The Morgan fingerprint density at radius 3 is 2.90 bits per heavy atom. The monoisotopic (exact) mass is 303 g/mol. The molecule has 0 amide bonds. The van der Waals surface area contributed by atoms with E-state index in [1.54, 1.807) is 11.3 Å². The Morgan fingerprint density at radius 2 is 2.19 bits per heavy atom. The van der Waals surface area contributed by atoms with Crippen molar-refractivity contribution in [3.63, 3.8) is 0 Å². The second-order valence-electron chi connectivity index (χ2n) is 5.46. The van der Waals surface area contributed by atoms with Gasteiger partial charge in [0.05, 0.1) is 22.4 Å². The van der Waals surface area contributed by atoms with Crippen molar-refractivity contribution in [1.29, 1.82) is 0 Å². The van der Waals surface area contributed by atoms with Crippen molar-refractivity contribution in [1.82, 2.24) is 19.9 Å². The molecule has 0 radical (unpaired) electrons. The van der Waals surface area contributed by atoms with Crippen LogP contribution in [0.1, 0.15) is 41.1 Å². The highest BCUT2D eigenvalue weighted by atomic mass is 32.1. The number of anilines is 1. The summed E-state index contributed by atoms with van der Waals surface area (Å²) >= 11 is 1.72. The zero-order valence-corrected chi connectivity index (χ0v) is 13.6. The largest absolute Gasteiger partial charge is 0.373 e. The van der Waals surface area contributed by atoms with E-state index in [0.29, 0.717) is 6.04 Å². The summed E-state index contributed by atoms with van der Waals surface area (Å²) in [5, 5.41) is 6.42. The fraction of sp³-hybridized carbons (Fsp3) is 0.533. The van der Waals surface area contributed by atoms with Crippen LogP contribution in [-0.2, 0) is 6.54 Å². The average molecular weight is 303 g/mol. The van der Waals surface area contributed by atoms with Crippen LogP contribution in [0.15, 0.2) is 11.4 Å². The van der Waals surface area contributed by atoms with E-state index in [4.69, 9.17) is 0 Å². The highest BCUT2D eigenvalue weighted by Crippen LogP contribution is 2.33. The molecule has 0 spiro atoms. The minimum atomic E-state index is 0.376. The van der Waals surface area contributed by atoms with Crippen molar-refractivity contribution in [2.24, 2.45) is 0 Å². The van der Waals surface area contributed by atoms with Crippen molar-refractivity contribution < 1.29 is 0 Å². The molecule has 0 aliphatic carbocycles. The molecule has 21 heavy (non-hydrogen) atoms. The van der Waals surface area contributed by atoms with Gasteiger partial charge in [-0.25, -0.2) is 15.0 Å². The Kier molecular flexibility index (Phi) is 4.17. The van der Waals surface area contributed by atoms with Crippen molar-refractivity contribution in [2.75, 3.05) is 18.9 Å². The summed E-state index contributed by atoms with van der Waals surface area (Å²) in [6.07, 6.45) is 2.37. The Labute approximate surface area is 129 Å². The number of nitrogens with zero attached hydrogens (tertiary/aromatic N) is 4. The van der Waals surface area contributed by atoms with Crippen LogP contribution in [0.3, 0.4) is 0 Å². The quantitative estimate of drug-likeness (QED) is 0.941. The average Bonchev–Trinajstić information content (AvgIpc) is 3.08. The first-order valence-corrected chi connectivity index (χ1v) is 8.22. The molecule has 0 aromatic carbocycles. The maximum Gasteiger partial charge on any atom is 0.129 e. The predicted molar refractivity (Wildman–Crippen MR) is 85.6 cm³/mol. The molecule has 1 aliphatic heterocycles. The molecule has 2 aromatic heterocycles. The van der Waals surface area contributed by atoms with Crippen LogP contribution < -0.4 is 5.32 Å². The molecule has 0 bridgehead atoms. The van der Waals surface area contributed by atoms with Gasteiger partial charge in [-0.2, -0.15) is 0 Å². The molecule has 3 heterocycles. The Bertz CT molecular complexity index is 624. The van der Waals surface area contributed by atoms with E-state index in [1.807, 2.05) is 14.0 Å². The number of hydrogen-bond donors (Lipinski definition) is 1. The zero-order chi connectivity index (χ0) is 14.8. The minimum absolute atomic E-state index is 0.376. The summed E-state index contributed by atoms with van der Waals surface area (Å²) in [7, 11) is 1.90. The van der Waals surface area contributed by atoms with E-state index in [1.165, 1.54) is 12.1 Å². The lowest BCUT2D eigenvalue weighted by molar-refractivity contribution is 0.241. The molecule has 6 heteroatoms. The summed E-state index contributed by atoms with van der Waals surface area (Å²) in [4.78, 5) is 16.1. The van der Waals surface area contributed by atoms with Crippen molar-refractivity contribution >= 4 is 17.2 Å². The molecule has 1 unspecified atom stereocenters. The van der Waals surface area contributed by atoms with E-state index < -0.39 is 0 Å². The summed E-state index contributed by atoms with van der Waals surface area (Å²) < 4.78 is 0. The van der Waals surface area contributed by atoms with Crippen molar-refractivity contribution in [3.05, 3.63) is 33.7 Å². The van der Waals surface area contributed by atoms with Crippen LogP contribution in [0.25, 0.3) is 0 Å². The molecule has 3 rings (SSSR count). The van der Waals surface area contributed by atoms with Gasteiger partial charge in [-0.1, -0.05) is 0 Å². The van der Waals surface area contributed by atoms with Crippen LogP contribution in [0.5, 0.6) is 0 Å². The maximum atomic E-state index is 4.65. The Hall–Kier alpha value is -1.53. The summed E-state index contributed by atoms with van der Waals surface area (Å²) in [5.74, 6) is 1.72. The fourth-order valence-electron chi connectivity index (χ4n) is 2.93. The normalized spacial score (nSPS) is 19.1. The van der Waals surface area contributed by atoms with Gasteiger partial charge < -0.3 is 5.32 Å². The molecular weight excluding hydrogens is 282 g/mol. The summed E-state index contributed by atoms with van der Waals surface area (Å²) in [6, 6.07) is 2.45. The standard InChI is InChI=1S/C15H21N5S/c1-10-17-13(7-15(16-3)18-10)14-5-4-6-20(14)8-12-9-21-11(2)19-12/h7,9,14H,4-6,8H2,1-3H3,(H,16,17,18). The number of aromatic nitrogens is 3. The van der Waals surface area contributed by atoms with Gasteiger partial charge in [0.1, 0.15) is 11.6 Å². The van der Waals surface area contributed by atoms with Gasteiger partial charge in [0.15, 0.2) is 0 Å². The Morgan fingerprint density at radius 1 is 1.33 bits per heavy atom. The van der Waals surface area contributed by atoms with Gasteiger partial charge in [0.25, 0.3) is 0 Å².